The number of halogens is 1. The molecule has 0 aromatic heterocycles. The number of carbonyl (C=O) groups is 1. The molecule has 1 N–H and O–H groups in total. The van der Waals surface area contributed by atoms with Gasteiger partial charge in [0.15, 0.2) is 0 Å². The highest BCUT2D eigenvalue weighted by Gasteiger charge is 2.11. The van der Waals surface area contributed by atoms with Crippen LogP contribution in [0.5, 0.6) is 0 Å². The Morgan fingerprint density at radius 3 is 2.45 bits per heavy atom. The summed E-state index contributed by atoms with van der Waals surface area (Å²) in [6.07, 6.45) is 0.824. The van der Waals surface area contributed by atoms with Gasteiger partial charge in [0.2, 0.25) is 0 Å². The van der Waals surface area contributed by atoms with Crippen molar-refractivity contribution in [3.63, 3.8) is 0 Å². The minimum absolute atomic E-state index is 0.00675. The Balaban J connectivity index is 1.98. The molecule has 0 bridgehead atoms. The normalized spacial score (nSPS) is 11.9. The summed E-state index contributed by atoms with van der Waals surface area (Å²) >= 11 is 3.42. The van der Waals surface area contributed by atoms with Crippen LogP contribution in [0.1, 0.15) is 28.4 Å². The first-order chi connectivity index (χ1) is 9.56. The molecule has 1 unspecified atom stereocenters. The third-order valence-corrected chi connectivity index (χ3v) is 3.75. The second-order valence-electron chi connectivity index (χ2n) is 5.02. The van der Waals surface area contributed by atoms with E-state index in [0.717, 1.165) is 22.0 Å². The van der Waals surface area contributed by atoms with Crippen LogP contribution in [-0.4, -0.2) is 11.9 Å². The topological polar surface area (TPSA) is 29.1 Å². The molecule has 2 rings (SSSR count). The van der Waals surface area contributed by atoms with Crippen LogP contribution in [0.2, 0.25) is 0 Å². The highest BCUT2D eigenvalue weighted by molar-refractivity contribution is 9.10. The molecule has 0 radical (unpaired) electrons. The van der Waals surface area contributed by atoms with Crippen LogP contribution in [0.4, 0.5) is 0 Å². The molecule has 0 spiro atoms. The first-order valence-corrected chi connectivity index (χ1v) is 7.46. The maximum atomic E-state index is 12.2. The number of amides is 1. The smallest absolute Gasteiger partial charge is 0.251 e. The monoisotopic (exact) mass is 331 g/mol. The van der Waals surface area contributed by atoms with E-state index in [2.05, 4.69) is 33.4 Å². The molecule has 3 heteroatoms. The van der Waals surface area contributed by atoms with E-state index in [9.17, 15) is 4.79 Å². The van der Waals surface area contributed by atoms with Gasteiger partial charge >= 0.3 is 0 Å². The van der Waals surface area contributed by atoms with Crippen molar-refractivity contribution >= 4 is 21.8 Å². The number of nitrogens with one attached hydrogen (secondary N) is 1. The second kappa shape index (κ2) is 6.71. The maximum Gasteiger partial charge on any atom is 0.251 e. The van der Waals surface area contributed by atoms with Crippen LogP contribution in [0.15, 0.2) is 53.0 Å². The SMILES string of the molecule is Cc1ccccc1C(=O)NC(C)Cc1ccc(Br)cc1. The van der Waals surface area contributed by atoms with Gasteiger partial charge in [-0.2, -0.15) is 0 Å². The molecule has 20 heavy (non-hydrogen) atoms. The summed E-state index contributed by atoms with van der Waals surface area (Å²) in [5.41, 5.74) is 2.96. The van der Waals surface area contributed by atoms with Crippen LogP contribution in [0.25, 0.3) is 0 Å². The Morgan fingerprint density at radius 2 is 1.80 bits per heavy atom. The standard InChI is InChI=1S/C17H18BrNO/c1-12-5-3-4-6-16(12)17(20)19-13(2)11-14-7-9-15(18)10-8-14/h3-10,13H,11H2,1-2H3,(H,19,20). The van der Waals surface area contributed by atoms with E-state index in [1.807, 2.05) is 50.2 Å². The van der Waals surface area contributed by atoms with E-state index < -0.39 is 0 Å². The van der Waals surface area contributed by atoms with Crippen molar-refractivity contribution in [1.82, 2.24) is 5.32 Å². The number of carbonyl (C=O) groups excluding carboxylic acids is 1. The van der Waals surface area contributed by atoms with Crippen LogP contribution >= 0.6 is 15.9 Å². The van der Waals surface area contributed by atoms with Crippen molar-refractivity contribution in [1.29, 1.82) is 0 Å². The molecule has 0 aliphatic heterocycles. The Bertz CT molecular complexity index is 592. The summed E-state index contributed by atoms with van der Waals surface area (Å²) in [7, 11) is 0. The molecule has 0 aliphatic rings. The van der Waals surface area contributed by atoms with Gasteiger partial charge in [0.1, 0.15) is 0 Å². The predicted octanol–water partition coefficient (Wildman–Crippen LogP) is 4.12. The molecular formula is C17H18BrNO. The molecule has 0 fully saturated rings. The molecule has 0 saturated heterocycles. The van der Waals surface area contributed by atoms with Gasteiger partial charge in [-0.1, -0.05) is 46.3 Å². The summed E-state index contributed by atoms with van der Waals surface area (Å²) in [5.74, 6) is -0.00675. The van der Waals surface area contributed by atoms with Gasteiger partial charge in [0.25, 0.3) is 5.91 Å². The van der Waals surface area contributed by atoms with Crippen molar-refractivity contribution < 1.29 is 4.79 Å². The van der Waals surface area contributed by atoms with Gasteiger partial charge in [-0.15, -0.1) is 0 Å². The number of hydrogen-bond donors (Lipinski definition) is 1. The van der Waals surface area contributed by atoms with Gasteiger partial charge in [-0.25, -0.2) is 0 Å². The average molecular weight is 332 g/mol. The Hall–Kier alpha value is -1.61. The molecule has 104 valence electrons. The molecule has 1 atom stereocenters. The van der Waals surface area contributed by atoms with Crippen LogP contribution in [-0.2, 0) is 6.42 Å². The molecular weight excluding hydrogens is 314 g/mol. The molecule has 0 saturated carbocycles. The molecule has 0 heterocycles. The average Bonchev–Trinajstić information content (AvgIpc) is 2.41. The first-order valence-electron chi connectivity index (χ1n) is 6.67. The summed E-state index contributed by atoms with van der Waals surface area (Å²) in [5, 5.41) is 3.05. The van der Waals surface area contributed by atoms with Gasteiger partial charge in [0.05, 0.1) is 0 Å². The van der Waals surface area contributed by atoms with Crippen molar-refractivity contribution in [2.45, 2.75) is 26.3 Å². The third-order valence-electron chi connectivity index (χ3n) is 3.22. The largest absolute Gasteiger partial charge is 0.349 e. The summed E-state index contributed by atoms with van der Waals surface area (Å²) in [6, 6.07) is 15.9. The number of aryl methyl sites for hydroxylation is 1. The minimum atomic E-state index is -0.00675. The van der Waals surface area contributed by atoms with E-state index >= 15 is 0 Å². The fraction of sp³-hybridized carbons (Fsp3) is 0.235. The van der Waals surface area contributed by atoms with Gasteiger partial charge in [-0.3, -0.25) is 4.79 Å². The lowest BCUT2D eigenvalue weighted by atomic mass is 10.1. The van der Waals surface area contributed by atoms with Crippen LogP contribution in [0.3, 0.4) is 0 Å². The van der Waals surface area contributed by atoms with Crippen molar-refractivity contribution in [3.05, 3.63) is 69.7 Å². The first kappa shape index (κ1) is 14.8. The van der Waals surface area contributed by atoms with Crippen molar-refractivity contribution in [2.75, 3.05) is 0 Å². The van der Waals surface area contributed by atoms with Crippen LogP contribution in [0, 0.1) is 6.92 Å². The fourth-order valence-corrected chi connectivity index (χ4v) is 2.42. The number of rotatable bonds is 4. The third kappa shape index (κ3) is 3.94. The molecule has 2 aromatic rings. The zero-order valence-corrected chi connectivity index (χ0v) is 13.3. The van der Waals surface area contributed by atoms with E-state index in [0.29, 0.717) is 0 Å². The number of benzene rings is 2. The molecule has 2 aromatic carbocycles. The number of hydrogen-bond acceptors (Lipinski definition) is 1. The van der Waals surface area contributed by atoms with E-state index in [1.165, 1.54) is 5.56 Å². The fourth-order valence-electron chi connectivity index (χ4n) is 2.15. The predicted molar refractivity (Wildman–Crippen MR) is 86.0 cm³/mol. The van der Waals surface area contributed by atoms with Crippen LogP contribution < -0.4 is 5.32 Å². The van der Waals surface area contributed by atoms with E-state index in [4.69, 9.17) is 0 Å². The summed E-state index contributed by atoms with van der Waals surface area (Å²) in [4.78, 5) is 12.2. The maximum absolute atomic E-state index is 12.2. The highest BCUT2D eigenvalue weighted by atomic mass is 79.9. The minimum Gasteiger partial charge on any atom is -0.349 e. The molecule has 0 aliphatic carbocycles. The zero-order valence-electron chi connectivity index (χ0n) is 11.7. The van der Waals surface area contributed by atoms with Crippen molar-refractivity contribution in [2.24, 2.45) is 0 Å². The quantitative estimate of drug-likeness (QED) is 0.897. The second-order valence-corrected chi connectivity index (χ2v) is 5.94. The van der Waals surface area contributed by atoms with Gasteiger partial charge in [0, 0.05) is 16.1 Å². The molecule has 2 nitrogen and oxygen atoms in total. The Kier molecular flexibility index (Phi) is 4.96. The van der Waals surface area contributed by atoms with Gasteiger partial charge < -0.3 is 5.32 Å². The Labute approximate surface area is 128 Å². The zero-order chi connectivity index (χ0) is 14.5. The highest BCUT2D eigenvalue weighted by Crippen LogP contribution is 2.12. The molecule has 1 amide bonds. The lowest BCUT2D eigenvalue weighted by Gasteiger charge is -2.15. The lowest BCUT2D eigenvalue weighted by Crippen LogP contribution is -2.34. The summed E-state index contributed by atoms with van der Waals surface area (Å²) in [6.45, 7) is 3.98. The Morgan fingerprint density at radius 1 is 1.15 bits per heavy atom. The lowest BCUT2D eigenvalue weighted by molar-refractivity contribution is 0.0939. The van der Waals surface area contributed by atoms with Crippen molar-refractivity contribution in [3.8, 4) is 0 Å². The van der Waals surface area contributed by atoms with Gasteiger partial charge in [-0.05, 0) is 49.6 Å². The van der Waals surface area contributed by atoms with E-state index in [-0.39, 0.29) is 11.9 Å². The summed E-state index contributed by atoms with van der Waals surface area (Å²) < 4.78 is 1.07. The van der Waals surface area contributed by atoms with E-state index in [1.54, 1.807) is 0 Å².